The van der Waals surface area contributed by atoms with Crippen LogP contribution in [0, 0.1) is 11.8 Å². The largest absolute Gasteiger partial charge is 0.338 e. The minimum atomic E-state index is -0.139. The summed E-state index contributed by atoms with van der Waals surface area (Å²) < 4.78 is 0. The Bertz CT molecular complexity index is 901. The molecule has 168 valence electrons. The van der Waals surface area contributed by atoms with Crippen LogP contribution < -0.4 is 5.56 Å². The summed E-state index contributed by atoms with van der Waals surface area (Å²) in [6, 6.07) is -0.123. The number of aromatic amines is 1. The van der Waals surface area contributed by atoms with Gasteiger partial charge in [-0.15, -0.1) is 0 Å². The van der Waals surface area contributed by atoms with Crippen LogP contribution in [0.5, 0.6) is 0 Å². The molecule has 0 spiro atoms. The van der Waals surface area contributed by atoms with Gasteiger partial charge in [0.15, 0.2) is 0 Å². The number of carbonyl (C=O) groups excluding carboxylic acids is 2. The maximum Gasteiger partial charge on any atom is 0.256 e. The van der Waals surface area contributed by atoms with Gasteiger partial charge in [0.25, 0.3) is 5.56 Å². The Labute approximate surface area is 183 Å². The second kappa shape index (κ2) is 8.75. The summed E-state index contributed by atoms with van der Waals surface area (Å²) >= 11 is 0. The van der Waals surface area contributed by atoms with Crippen molar-refractivity contribution in [1.29, 1.82) is 0 Å². The third kappa shape index (κ3) is 4.15. The van der Waals surface area contributed by atoms with E-state index in [1.165, 1.54) is 12.8 Å². The van der Waals surface area contributed by atoms with Crippen LogP contribution in [0.3, 0.4) is 0 Å². The topological polar surface area (TPSA) is 86.4 Å². The van der Waals surface area contributed by atoms with Gasteiger partial charge in [0.2, 0.25) is 11.8 Å². The molecular formula is C24H34N4O3. The van der Waals surface area contributed by atoms with Crippen molar-refractivity contribution in [2.75, 3.05) is 13.1 Å². The maximum atomic E-state index is 13.0. The normalized spacial score (nSPS) is 24.7. The number of piperidine rings is 1. The molecule has 7 nitrogen and oxygen atoms in total. The SMILES string of the molecule is O=C(CC1CCCC1)N1CCc2nc([C@@H]3CCCCN3C(=O)C3CCC3)[nH]c(=O)c2C1. The van der Waals surface area contributed by atoms with Gasteiger partial charge in [0, 0.05) is 31.8 Å². The second-order valence-electron chi connectivity index (χ2n) is 9.97. The van der Waals surface area contributed by atoms with Crippen LogP contribution in [0.4, 0.5) is 0 Å². The van der Waals surface area contributed by atoms with Gasteiger partial charge in [-0.3, -0.25) is 14.4 Å². The fraction of sp³-hybridized carbons (Fsp3) is 0.750. The molecule has 0 radical (unpaired) electrons. The monoisotopic (exact) mass is 426 g/mol. The zero-order valence-electron chi connectivity index (χ0n) is 18.4. The molecule has 1 aromatic rings. The van der Waals surface area contributed by atoms with E-state index in [2.05, 4.69) is 4.98 Å². The number of aromatic nitrogens is 2. The molecule has 1 saturated heterocycles. The van der Waals surface area contributed by atoms with Crippen molar-refractivity contribution in [2.45, 2.75) is 89.6 Å². The first-order valence-electron chi connectivity index (χ1n) is 12.3. The van der Waals surface area contributed by atoms with Crippen molar-refractivity contribution in [1.82, 2.24) is 19.8 Å². The zero-order chi connectivity index (χ0) is 21.4. The van der Waals surface area contributed by atoms with E-state index in [0.717, 1.165) is 63.6 Å². The van der Waals surface area contributed by atoms with E-state index < -0.39 is 0 Å². The zero-order valence-corrected chi connectivity index (χ0v) is 18.4. The van der Waals surface area contributed by atoms with E-state index in [1.807, 2.05) is 9.80 Å². The molecule has 3 heterocycles. The molecule has 31 heavy (non-hydrogen) atoms. The Morgan fingerprint density at radius 3 is 2.48 bits per heavy atom. The third-order valence-electron chi connectivity index (χ3n) is 7.93. The fourth-order valence-electron chi connectivity index (χ4n) is 5.77. The van der Waals surface area contributed by atoms with Crippen molar-refractivity contribution in [3.8, 4) is 0 Å². The third-order valence-corrected chi connectivity index (χ3v) is 7.93. The molecule has 1 aromatic heterocycles. The predicted octanol–water partition coefficient (Wildman–Crippen LogP) is 3.09. The van der Waals surface area contributed by atoms with Gasteiger partial charge in [0.05, 0.1) is 23.8 Å². The number of H-pyrrole nitrogens is 1. The number of hydrogen-bond donors (Lipinski definition) is 1. The number of amides is 2. The minimum Gasteiger partial charge on any atom is -0.338 e. The Hall–Kier alpha value is -2.18. The lowest BCUT2D eigenvalue weighted by Crippen LogP contribution is -2.45. The van der Waals surface area contributed by atoms with Crippen LogP contribution in [-0.4, -0.2) is 44.7 Å². The lowest BCUT2D eigenvalue weighted by molar-refractivity contribution is -0.142. The number of likely N-dealkylation sites (tertiary alicyclic amines) is 1. The molecule has 0 unspecified atom stereocenters. The molecule has 5 rings (SSSR count). The highest BCUT2D eigenvalue weighted by Crippen LogP contribution is 2.35. The molecule has 0 bridgehead atoms. The van der Waals surface area contributed by atoms with Crippen molar-refractivity contribution >= 4 is 11.8 Å². The average molecular weight is 427 g/mol. The molecular weight excluding hydrogens is 392 g/mol. The number of rotatable bonds is 4. The van der Waals surface area contributed by atoms with Gasteiger partial charge in [-0.1, -0.05) is 19.3 Å². The maximum absolute atomic E-state index is 13.0. The van der Waals surface area contributed by atoms with Gasteiger partial charge in [-0.05, 0) is 50.9 Å². The quantitative estimate of drug-likeness (QED) is 0.802. The Morgan fingerprint density at radius 2 is 1.74 bits per heavy atom. The highest BCUT2D eigenvalue weighted by molar-refractivity contribution is 5.80. The molecule has 2 aliphatic heterocycles. The molecule has 3 fully saturated rings. The first-order valence-corrected chi connectivity index (χ1v) is 12.3. The summed E-state index contributed by atoms with van der Waals surface area (Å²) in [6.45, 7) is 1.74. The molecule has 0 aromatic carbocycles. The van der Waals surface area contributed by atoms with E-state index >= 15 is 0 Å². The van der Waals surface area contributed by atoms with Crippen molar-refractivity contribution in [3.05, 3.63) is 27.4 Å². The number of nitrogens with one attached hydrogen (secondary N) is 1. The standard InChI is InChI=1S/C24H34N4O3/c29-21(14-16-6-1-2-7-16)27-13-11-19-18(15-27)23(30)26-22(25-19)20-10-3-4-12-28(20)24(31)17-8-5-9-17/h16-17,20H,1-15H2,(H,25,26,30)/t20-/m0/s1. The Morgan fingerprint density at radius 1 is 0.968 bits per heavy atom. The minimum absolute atomic E-state index is 0.123. The summed E-state index contributed by atoms with van der Waals surface area (Å²) in [5.41, 5.74) is 1.30. The van der Waals surface area contributed by atoms with Crippen LogP contribution in [0.25, 0.3) is 0 Å². The van der Waals surface area contributed by atoms with E-state index in [9.17, 15) is 14.4 Å². The predicted molar refractivity (Wildman–Crippen MR) is 116 cm³/mol. The summed E-state index contributed by atoms with van der Waals surface area (Å²) in [5.74, 6) is 1.72. The van der Waals surface area contributed by atoms with Crippen molar-refractivity contribution in [3.63, 3.8) is 0 Å². The van der Waals surface area contributed by atoms with Gasteiger partial charge >= 0.3 is 0 Å². The summed E-state index contributed by atoms with van der Waals surface area (Å²) in [4.78, 5) is 50.3. The first kappa shape index (κ1) is 20.7. The molecule has 2 saturated carbocycles. The lowest BCUT2D eigenvalue weighted by atomic mass is 9.83. The number of hydrogen-bond acceptors (Lipinski definition) is 4. The van der Waals surface area contributed by atoms with Gasteiger partial charge < -0.3 is 14.8 Å². The summed E-state index contributed by atoms with van der Waals surface area (Å²) in [6.07, 6.45) is 12.0. The van der Waals surface area contributed by atoms with Gasteiger partial charge in [-0.25, -0.2) is 4.98 Å². The molecule has 4 aliphatic rings. The lowest BCUT2D eigenvalue weighted by Gasteiger charge is -2.39. The Kier molecular flexibility index (Phi) is 5.85. The number of fused-ring (bicyclic) bond motifs is 1. The van der Waals surface area contributed by atoms with E-state index in [1.54, 1.807) is 0 Å². The van der Waals surface area contributed by atoms with Crippen molar-refractivity contribution < 1.29 is 9.59 Å². The van der Waals surface area contributed by atoms with Crippen molar-refractivity contribution in [2.24, 2.45) is 11.8 Å². The highest BCUT2D eigenvalue weighted by atomic mass is 16.2. The summed E-state index contributed by atoms with van der Waals surface area (Å²) in [7, 11) is 0. The fourth-order valence-corrected chi connectivity index (χ4v) is 5.77. The molecule has 2 aliphatic carbocycles. The second-order valence-corrected chi connectivity index (χ2v) is 9.97. The van der Waals surface area contributed by atoms with Crippen LogP contribution in [0.15, 0.2) is 4.79 Å². The molecule has 1 N–H and O–H groups in total. The van der Waals surface area contributed by atoms with Crippen LogP contribution in [0.2, 0.25) is 0 Å². The van der Waals surface area contributed by atoms with Gasteiger partial charge in [0.1, 0.15) is 5.82 Å². The van der Waals surface area contributed by atoms with Crippen LogP contribution in [0.1, 0.15) is 93.8 Å². The highest BCUT2D eigenvalue weighted by Gasteiger charge is 2.36. The van der Waals surface area contributed by atoms with E-state index in [0.29, 0.717) is 43.2 Å². The van der Waals surface area contributed by atoms with E-state index in [4.69, 9.17) is 4.98 Å². The smallest absolute Gasteiger partial charge is 0.256 e. The van der Waals surface area contributed by atoms with Crippen LogP contribution in [-0.2, 0) is 22.6 Å². The van der Waals surface area contributed by atoms with E-state index in [-0.39, 0.29) is 29.3 Å². The molecule has 7 heteroatoms. The molecule has 1 atom stereocenters. The summed E-state index contributed by atoms with van der Waals surface area (Å²) in [5, 5.41) is 0. The first-order chi connectivity index (χ1) is 15.1. The average Bonchev–Trinajstić information content (AvgIpc) is 3.25. The number of carbonyl (C=O) groups is 2. The number of nitrogens with zero attached hydrogens (tertiary/aromatic N) is 3. The Balaban J connectivity index is 1.32. The molecule has 2 amide bonds. The van der Waals surface area contributed by atoms with Crippen LogP contribution >= 0.6 is 0 Å². The van der Waals surface area contributed by atoms with Gasteiger partial charge in [-0.2, -0.15) is 0 Å².